The first-order valence-corrected chi connectivity index (χ1v) is 7.73. The van der Waals surface area contributed by atoms with Crippen molar-refractivity contribution in [2.45, 2.75) is 19.5 Å². The minimum absolute atomic E-state index is 0.114. The molecule has 5 nitrogen and oxygen atoms in total. The van der Waals surface area contributed by atoms with E-state index in [9.17, 15) is 9.00 Å². The molecule has 0 radical (unpaired) electrons. The van der Waals surface area contributed by atoms with Gasteiger partial charge in [0.05, 0.1) is 0 Å². The summed E-state index contributed by atoms with van der Waals surface area (Å²) in [5, 5.41) is 3.29. The molecule has 1 aromatic carbocycles. The van der Waals surface area contributed by atoms with Gasteiger partial charge in [-0.3, -0.25) is 9.00 Å². The Bertz CT molecular complexity index is 434. The van der Waals surface area contributed by atoms with Crippen molar-refractivity contribution >= 4 is 16.7 Å². The van der Waals surface area contributed by atoms with Crippen molar-refractivity contribution in [3.8, 4) is 5.75 Å². The lowest BCUT2D eigenvalue weighted by Gasteiger charge is -2.12. The highest BCUT2D eigenvalue weighted by atomic mass is 32.2. The highest BCUT2D eigenvalue weighted by Gasteiger charge is 2.04. The fourth-order valence-corrected chi connectivity index (χ4v) is 2.38. The number of primary amides is 1. The lowest BCUT2D eigenvalue weighted by molar-refractivity contribution is -0.119. The Morgan fingerprint density at radius 2 is 2.05 bits per heavy atom. The average molecular weight is 284 g/mol. The van der Waals surface area contributed by atoms with Crippen molar-refractivity contribution in [3.63, 3.8) is 0 Å². The van der Waals surface area contributed by atoms with Crippen molar-refractivity contribution in [2.24, 2.45) is 5.73 Å². The van der Waals surface area contributed by atoms with E-state index in [0.717, 1.165) is 5.56 Å². The summed E-state index contributed by atoms with van der Waals surface area (Å²) in [6.45, 7) is 2.59. The molecule has 0 spiro atoms. The topological polar surface area (TPSA) is 81.4 Å². The molecule has 0 aliphatic heterocycles. The van der Waals surface area contributed by atoms with Crippen LogP contribution in [0.15, 0.2) is 24.3 Å². The van der Waals surface area contributed by atoms with Crippen molar-refractivity contribution in [2.75, 3.05) is 18.6 Å². The van der Waals surface area contributed by atoms with Crippen LogP contribution in [0, 0.1) is 0 Å². The lowest BCUT2D eigenvalue weighted by Crippen LogP contribution is -2.30. The number of carbonyl (C=O) groups excluding carboxylic acids is 1. The first-order valence-electron chi connectivity index (χ1n) is 6.01. The summed E-state index contributed by atoms with van der Waals surface area (Å²) in [6.07, 6.45) is 1.70. The molecule has 2 atom stereocenters. The normalized spacial score (nSPS) is 13.8. The van der Waals surface area contributed by atoms with Gasteiger partial charge in [-0.2, -0.15) is 0 Å². The Morgan fingerprint density at radius 3 is 2.58 bits per heavy atom. The van der Waals surface area contributed by atoms with Gasteiger partial charge in [-0.1, -0.05) is 12.1 Å². The number of benzene rings is 1. The fraction of sp³-hybridized carbons (Fsp3) is 0.462. The third kappa shape index (κ3) is 6.93. The molecular formula is C13H20N2O3S. The van der Waals surface area contributed by atoms with Crippen LogP contribution in [0.2, 0.25) is 0 Å². The number of hydrogen-bond donors (Lipinski definition) is 2. The van der Waals surface area contributed by atoms with Gasteiger partial charge < -0.3 is 15.8 Å². The zero-order chi connectivity index (χ0) is 14.3. The Morgan fingerprint density at radius 1 is 1.42 bits per heavy atom. The van der Waals surface area contributed by atoms with Gasteiger partial charge in [0.2, 0.25) is 0 Å². The second-order valence-corrected chi connectivity index (χ2v) is 5.90. The van der Waals surface area contributed by atoms with Crippen LogP contribution in [0.3, 0.4) is 0 Å². The molecule has 3 N–H and O–H groups in total. The smallest absolute Gasteiger partial charge is 0.255 e. The van der Waals surface area contributed by atoms with E-state index >= 15 is 0 Å². The van der Waals surface area contributed by atoms with Crippen LogP contribution in [0.4, 0.5) is 0 Å². The SMILES string of the molecule is CC(CS(C)=O)NCc1ccc(OCC(N)=O)cc1. The number of carbonyl (C=O) groups is 1. The zero-order valence-corrected chi connectivity index (χ0v) is 12.0. The van der Waals surface area contributed by atoms with E-state index in [0.29, 0.717) is 18.0 Å². The summed E-state index contributed by atoms with van der Waals surface area (Å²) in [4.78, 5) is 10.6. The highest BCUT2D eigenvalue weighted by Crippen LogP contribution is 2.12. The molecule has 1 aromatic rings. The van der Waals surface area contributed by atoms with Crippen LogP contribution >= 0.6 is 0 Å². The second-order valence-electron chi connectivity index (χ2n) is 4.42. The largest absolute Gasteiger partial charge is 0.484 e. The van der Waals surface area contributed by atoms with Gasteiger partial charge in [0.25, 0.3) is 5.91 Å². The van der Waals surface area contributed by atoms with Gasteiger partial charge in [-0.05, 0) is 24.6 Å². The van der Waals surface area contributed by atoms with E-state index in [1.807, 2.05) is 19.1 Å². The molecule has 106 valence electrons. The number of hydrogen-bond acceptors (Lipinski definition) is 4. The first kappa shape index (κ1) is 15.7. The molecule has 0 aromatic heterocycles. The van der Waals surface area contributed by atoms with Gasteiger partial charge in [0, 0.05) is 35.4 Å². The van der Waals surface area contributed by atoms with Crippen LogP contribution < -0.4 is 15.8 Å². The van der Waals surface area contributed by atoms with Crippen LogP contribution in [-0.2, 0) is 22.1 Å². The van der Waals surface area contributed by atoms with Gasteiger partial charge >= 0.3 is 0 Å². The number of nitrogens with one attached hydrogen (secondary N) is 1. The third-order valence-electron chi connectivity index (χ3n) is 2.44. The van der Waals surface area contributed by atoms with Gasteiger partial charge in [-0.25, -0.2) is 0 Å². The molecule has 19 heavy (non-hydrogen) atoms. The van der Waals surface area contributed by atoms with Crippen molar-refractivity contribution < 1.29 is 13.7 Å². The Kier molecular flexibility index (Phi) is 6.52. The maximum absolute atomic E-state index is 11.1. The highest BCUT2D eigenvalue weighted by molar-refractivity contribution is 7.84. The Balaban J connectivity index is 2.39. The van der Waals surface area contributed by atoms with Gasteiger partial charge in [0.1, 0.15) is 5.75 Å². The van der Waals surface area contributed by atoms with Gasteiger partial charge in [-0.15, -0.1) is 0 Å². The van der Waals surface area contributed by atoms with Gasteiger partial charge in [0.15, 0.2) is 6.61 Å². The quantitative estimate of drug-likeness (QED) is 0.724. The maximum atomic E-state index is 11.1. The molecule has 0 fully saturated rings. The molecular weight excluding hydrogens is 264 g/mol. The molecule has 2 unspecified atom stereocenters. The second kappa shape index (κ2) is 7.91. The molecule has 0 aliphatic rings. The van der Waals surface area contributed by atoms with Crippen molar-refractivity contribution in [1.29, 1.82) is 0 Å². The molecule has 6 heteroatoms. The van der Waals surface area contributed by atoms with Crippen molar-refractivity contribution in [1.82, 2.24) is 5.32 Å². The first-order chi connectivity index (χ1) is 8.97. The summed E-state index contributed by atoms with van der Waals surface area (Å²) in [5.74, 6) is 0.761. The summed E-state index contributed by atoms with van der Waals surface area (Å²) in [5.41, 5.74) is 6.09. The molecule has 0 saturated heterocycles. The number of amides is 1. The summed E-state index contributed by atoms with van der Waals surface area (Å²) in [7, 11) is -0.791. The van der Waals surface area contributed by atoms with Crippen LogP contribution in [0.1, 0.15) is 12.5 Å². The van der Waals surface area contributed by atoms with E-state index < -0.39 is 16.7 Å². The monoisotopic (exact) mass is 284 g/mol. The fourth-order valence-electron chi connectivity index (χ4n) is 1.56. The lowest BCUT2D eigenvalue weighted by atomic mass is 10.2. The minimum Gasteiger partial charge on any atom is -0.484 e. The molecule has 1 amide bonds. The van der Waals surface area contributed by atoms with E-state index in [2.05, 4.69) is 5.32 Å². The predicted molar refractivity (Wildman–Crippen MR) is 76.4 cm³/mol. The molecule has 0 saturated carbocycles. The number of rotatable bonds is 8. The molecule has 0 aliphatic carbocycles. The third-order valence-corrected chi connectivity index (χ3v) is 3.41. The number of nitrogens with two attached hydrogens (primary N) is 1. The van der Waals surface area contributed by atoms with Crippen LogP contribution in [0.5, 0.6) is 5.75 Å². The maximum Gasteiger partial charge on any atom is 0.255 e. The Hall–Kier alpha value is -1.40. The Labute approximate surface area is 116 Å². The average Bonchev–Trinajstić information content (AvgIpc) is 2.34. The molecule has 0 bridgehead atoms. The summed E-state index contributed by atoms with van der Waals surface area (Å²) >= 11 is 0. The molecule has 1 rings (SSSR count). The zero-order valence-electron chi connectivity index (χ0n) is 11.2. The van der Waals surface area contributed by atoms with E-state index in [-0.39, 0.29) is 12.6 Å². The molecule has 0 heterocycles. The van der Waals surface area contributed by atoms with E-state index in [1.54, 1.807) is 18.4 Å². The predicted octanol–water partition coefficient (Wildman–Crippen LogP) is 0.407. The van der Waals surface area contributed by atoms with E-state index in [4.69, 9.17) is 10.5 Å². The van der Waals surface area contributed by atoms with Crippen LogP contribution in [-0.4, -0.2) is 34.8 Å². The van der Waals surface area contributed by atoms with Crippen molar-refractivity contribution in [3.05, 3.63) is 29.8 Å². The summed E-state index contributed by atoms with van der Waals surface area (Å²) < 4.78 is 16.2. The van der Waals surface area contributed by atoms with Crippen LogP contribution in [0.25, 0.3) is 0 Å². The summed E-state index contributed by atoms with van der Waals surface area (Å²) in [6, 6.07) is 7.62. The standard InChI is InChI=1S/C13H20N2O3S/c1-10(9-19(2)17)15-7-11-3-5-12(6-4-11)18-8-13(14)16/h3-6,10,15H,7-9H2,1-2H3,(H2,14,16). The van der Waals surface area contributed by atoms with E-state index in [1.165, 1.54) is 0 Å². The number of ether oxygens (including phenoxy) is 1. The minimum atomic E-state index is -0.791.